The van der Waals surface area contributed by atoms with Gasteiger partial charge in [0.2, 0.25) is 11.8 Å². The summed E-state index contributed by atoms with van der Waals surface area (Å²) in [6, 6.07) is 7.75. The molecule has 1 aliphatic heterocycles. The zero-order valence-electron chi connectivity index (χ0n) is 16.4. The SMILES string of the molecule is COc1cccc(CC(=O)N2CCCCCCNC(=O)[C@H]3CCCC[C@H]32)c1. The van der Waals surface area contributed by atoms with Crippen molar-refractivity contribution >= 4 is 11.8 Å². The van der Waals surface area contributed by atoms with Gasteiger partial charge >= 0.3 is 0 Å². The summed E-state index contributed by atoms with van der Waals surface area (Å²) in [5.74, 6) is 0.978. The monoisotopic (exact) mass is 372 g/mol. The quantitative estimate of drug-likeness (QED) is 0.885. The van der Waals surface area contributed by atoms with Crippen molar-refractivity contribution in [2.75, 3.05) is 20.2 Å². The van der Waals surface area contributed by atoms with Gasteiger partial charge in [-0.1, -0.05) is 37.8 Å². The lowest BCUT2D eigenvalue weighted by molar-refractivity contribution is -0.138. The number of nitrogens with one attached hydrogen (secondary N) is 1. The average molecular weight is 373 g/mol. The third-order valence-corrected chi connectivity index (χ3v) is 5.90. The van der Waals surface area contributed by atoms with Crippen LogP contribution in [0.2, 0.25) is 0 Å². The Hall–Kier alpha value is -2.04. The van der Waals surface area contributed by atoms with Crippen LogP contribution >= 0.6 is 0 Å². The number of carbonyl (C=O) groups excluding carboxylic acids is 2. The molecule has 2 aliphatic rings. The van der Waals surface area contributed by atoms with Gasteiger partial charge < -0.3 is 15.0 Å². The summed E-state index contributed by atoms with van der Waals surface area (Å²) in [6.07, 6.45) is 8.61. The molecule has 2 atom stereocenters. The molecule has 2 fully saturated rings. The van der Waals surface area contributed by atoms with Gasteiger partial charge in [-0.15, -0.1) is 0 Å². The molecule has 0 radical (unpaired) electrons. The lowest BCUT2D eigenvalue weighted by Crippen LogP contribution is -2.51. The zero-order chi connectivity index (χ0) is 19.1. The number of benzene rings is 1. The van der Waals surface area contributed by atoms with Crippen LogP contribution in [0, 0.1) is 5.92 Å². The van der Waals surface area contributed by atoms with Crippen molar-refractivity contribution in [1.82, 2.24) is 10.2 Å². The molecule has 1 N–H and O–H groups in total. The van der Waals surface area contributed by atoms with E-state index in [9.17, 15) is 9.59 Å². The van der Waals surface area contributed by atoms with Crippen molar-refractivity contribution in [2.24, 2.45) is 5.92 Å². The Bertz CT molecular complexity index is 646. The van der Waals surface area contributed by atoms with E-state index in [0.717, 1.165) is 75.8 Å². The van der Waals surface area contributed by atoms with E-state index in [0.29, 0.717) is 6.42 Å². The van der Waals surface area contributed by atoms with Gasteiger partial charge in [0.1, 0.15) is 5.75 Å². The van der Waals surface area contributed by atoms with Gasteiger partial charge in [0.15, 0.2) is 0 Å². The number of hydrogen-bond acceptors (Lipinski definition) is 3. The summed E-state index contributed by atoms with van der Waals surface area (Å²) in [5, 5.41) is 3.11. The highest BCUT2D eigenvalue weighted by molar-refractivity contribution is 5.83. The summed E-state index contributed by atoms with van der Waals surface area (Å²) in [6.45, 7) is 1.52. The van der Waals surface area contributed by atoms with Crippen molar-refractivity contribution in [3.63, 3.8) is 0 Å². The van der Waals surface area contributed by atoms with Crippen LogP contribution in [0.15, 0.2) is 24.3 Å². The maximum absolute atomic E-state index is 13.2. The maximum atomic E-state index is 13.2. The number of rotatable bonds is 3. The highest BCUT2D eigenvalue weighted by Gasteiger charge is 2.36. The van der Waals surface area contributed by atoms with Crippen LogP contribution in [0.1, 0.15) is 56.9 Å². The Morgan fingerprint density at radius 1 is 1.15 bits per heavy atom. The van der Waals surface area contributed by atoms with Crippen LogP contribution in [0.4, 0.5) is 0 Å². The summed E-state index contributed by atoms with van der Waals surface area (Å²) >= 11 is 0. The van der Waals surface area contributed by atoms with Crippen LogP contribution in [-0.4, -0.2) is 43.0 Å². The first-order valence-corrected chi connectivity index (χ1v) is 10.4. The molecule has 2 amide bonds. The number of carbonyl (C=O) groups is 2. The first-order chi connectivity index (χ1) is 13.2. The molecule has 0 spiro atoms. The molecule has 0 unspecified atom stereocenters. The Labute approximate surface area is 162 Å². The smallest absolute Gasteiger partial charge is 0.227 e. The van der Waals surface area contributed by atoms with Gasteiger partial charge in [-0.3, -0.25) is 9.59 Å². The van der Waals surface area contributed by atoms with Crippen molar-refractivity contribution in [3.05, 3.63) is 29.8 Å². The molecule has 5 heteroatoms. The molecular formula is C22H32N2O3. The van der Waals surface area contributed by atoms with E-state index >= 15 is 0 Å². The number of hydrogen-bond donors (Lipinski definition) is 1. The van der Waals surface area contributed by atoms with Crippen molar-refractivity contribution in [2.45, 2.75) is 63.8 Å². The summed E-state index contributed by atoms with van der Waals surface area (Å²) in [5.41, 5.74) is 0.963. The minimum absolute atomic E-state index is 0.0370. The molecule has 3 rings (SSSR count). The molecule has 0 bridgehead atoms. The van der Waals surface area contributed by atoms with E-state index < -0.39 is 0 Å². The van der Waals surface area contributed by atoms with Crippen LogP contribution in [0.5, 0.6) is 5.75 Å². The van der Waals surface area contributed by atoms with Gasteiger partial charge in [-0.05, 0) is 43.4 Å². The number of nitrogens with zero attached hydrogens (tertiary/aromatic N) is 1. The maximum Gasteiger partial charge on any atom is 0.227 e. The number of methoxy groups -OCH3 is 1. The molecule has 0 aromatic heterocycles. The van der Waals surface area contributed by atoms with Crippen molar-refractivity contribution < 1.29 is 14.3 Å². The first-order valence-electron chi connectivity index (χ1n) is 10.4. The van der Waals surface area contributed by atoms with E-state index in [1.54, 1.807) is 7.11 Å². The van der Waals surface area contributed by atoms with Gasteiger partial charge in [-0.25, -0.2) is 0 Å². The zero-order valence-corrected chi connectivity index (χ0v) is 16.4. The minimum atomic E-state index is -0.0638. The normalized spacial score (nSPS) is 24.3. The standard InChI is InChI=1S/C22H32N2O3/c1-27-18-10-8-9-17(15-18)16-21(25)24-14-7-3-2-6-13-23-22(26)19-11-4-5-12-20(19)24/h8-10,15,19-20H,2-7,11-14,16H2,1H3,(H,23,26)/t19-,20+/m0/s1. The highest BCUT2D eigenvalue weighted by Crippen LogP contribution is 2.30. The second kappa shape index (κ2) is 9.77. The summed E-state index contributed by atoms with van der Waals surface area (Å²) in [4.78, 5) is 28.0. The van der Waals surface area contributed by atoms with Crippen molar-refractivity contribution in [3.8, 4) is 5.75 Å². The first kappa shape index (κ1) is 19.7. The number of ether oxygens (including phenoxy) is 1. The molecule has 5 nitrogen and oxygen atoms in total. The number of amides is 2. The molecule has 1 heterocycles. The molecule has 27 heavy (non-hydrogen) atoms. The second-order valence-corrected chi connectivity index (χ2v) is 7.78. The van der Waals surface area contributed by atoms with Crippen LogP contribution in [0.25, 0.3) is 0 Å². The fourth-order valence-electron chi connectivity index (χ4n) is 4.43. The van der Waals surface area contributed by atoms with Gasteiger partial charge in [0.05, 0.1) is 19.4 Å². The Morgan fingerprint density at radius 3 is 2.81 bits per heavy atom. The molecule has 1 aromatic carbocycles. The highest BCUT2D eigenvalue weighted by atomic mass is 16.5. The Balaban J connectivity index is 1.78. The van der Waals surface area contributed by atoms with Crippen molar-refractivity contribution in [1.29, 1.82) is 0 Å². The van der Waals surface area contributed by atoms with E-state index in [1.807, 2.05) is 29.2 Å². The topological polar surface area (TPSA) is 58.6 Å². The van der Waals surface area contributed by atoms with Gasteiger partial charge in [0.25, 0.3) is 0 Å². The third-order valence-electron chi connectivity index (χ3n) is 5.90. The Kier molecular flexibility index (Phi) is 7.13. The number of fused-ring (bicyclic) bond motifs is 1. The van der Waals surface area contributed by atoms with Gasteiger partial charge in [-0.2, -0.15) is 0 Å². The predicted molar refractivity (Wildman–Crippen MR) is 106 cm³/mol. The molecule has 1 aliphatic carbocycles. The van der Waals surface area contributed by atoms with E-state index in [1.165, 1.54) is 0 Å². The second-order valence-electron chi connectivity index (χ2n) is 7.78. The summed E-state index contributed by atoms with van der Waals surface area (Å²) in [7, 11) is 1.64. The predicted octanol–water partition coefficient (Wildman–Crippen LogP) is 3.32. The lowest BCUT2D eigenvalue weighted by Gasteiger charge is -2.39. The van der Waals surface area contributed by atoms with Crippen LogP contribution < -0.4 is 10.1 Å². The van der Waals surface area contributed by atoms with Gasteiger partial charge in [0, 0.05) is 19.1 Å². The third kappa shape index (κ3) is 5.24. The molecule has 1 saturated carbocycles. The minimum Gasteiger partial charge on any atom is -0.497 e. The van der Waals surface area contributed by atoms with E-state index in [4.69, 9.17) is 4.74 Å². The summed E-state index contributed by atoms with van der Waals surface area (Å²) < 4.78 is 5.28. The average Bonchev–Trinajstić information content (AvgIpc) is 2.73. The molecule has 1 aromatic rings. The van der Waals surface area contributed by atoms with Crippen LogP contribution in [0.3, 0.4) is 0 Å². The Morgan fingerprint density at radius 2 is 1.96 bits per heavy atom. The van der Waals surface area contributed by atoms with Crippen LogP contribution in [-0.2, 0) is 16.0 Å². The van der Waals surface area contributed by atoms with E-state index in [-0.39, 0.29) is 23.8 Å². The fourth-order valence-corrected chi connectivity index (χ4v) is 4.43. The molecule has 148 valence electrons. The fraction of sp³-hybridized carbons (Fsp3) is 0.636. The molecule has 1 saturated heterocycles. The van der Waals surface area contributed by atoms with E-state index in [2.05, 4.69) is 5.32 Å². The molecular weight excluding hydrogens is 340 g/mol. The largest absolute Gasteiger partial charge is 0.497 e. The lowest BCUT2D eigenvalue weighted by atomic mass is 9.82.